The van der Waals surface area contributed by atoms with E-state index in [1.165, 1.54) is 0 Å². The molecule has 0 fully saturated rings. The summed E-state index contributed by atoms with van der Waals surface area (Å²) in [5, 5.41) is 0. The average molecular weight is 1040 g/mol. The fourth-order valence-corrected chi connectivity index (χ4v) is 12.5. The van der Waals surface area contributed by atoms with E-state index in [4.69, 9.17) is 0 Å². The van der Waals surface area contributed by atoms with Crippen molar-refractivity contribution in [2.24, 2.45) is 0 Å². The van der Waals surface area contributed by atoms with Crippen LogP contribution in [0.3, 0.4) is 0 Å². The molecule has 0 saturated heterocycles. The van der Waals surface area contributed by atoms with Crippen LogP contribution >= 0.6 is 0 Å². The zero-order chi connectivity index (χ0) is 54.2. The molecule has 0 spiro atoms. The molecule has 2 aliphatic rings. The van der Waals surface area contributed by atoms with Gasteiger partial charge < -0.3 is 4.90 Å². The molecule has 0 amide bonds. The van der Waals surface area contributed by atoms with Gasteiger partial charge >= 0.3 is 0 Å². The Labute approximate surface area is 454 Å². The molecule has 0 aromatic heterocycles. The molecule has 0 bridgehead atoms. The molecule has 0 heterocycles. The van der Waals surface area contributed by atoms with Gasteiger partial charge in [-0.2, -0.15) is 0 Å². The van der Waals surface area contributed by atoms with E-state index in [1.807, 2.05) is 170 Å². The van der Waals surface area contributed by atoms with Crippen molar-refractivity contribution in [1.82, 2.24) is 0 Å². The second kappa shape index (κ2) is 19.1. The maximum atomic E-state index is 15.9. The molecule has 2 unspecified atom stereocenters. The van der Waals surface area contributed by atoms with E-state index in [0.29, 0.717) is 33.6 Å². The molecule has 13 rings (SSSR count). The highest BCUT2D eigenvalue weighted by atomic mass is 19.2. The standard InChI is InChI=1S/C72H45F6N/c1-3-44-24-28-50(29-25-44)71(52-38-65(73)69(77)66(74)39-52)61-22-10-8-20-57(61)59-34-32-55(42-63(59)71)79(54-19-13-18-49(37-54)48-17-12-16-47(36-48)46-14-6-5-7-15-46)56-33-35-60-58-21-9-11-23-62(58)72(64(60)43-56,51-30-26-45(4-2)27-31-51)53-40-67(75)70(78)68(76)41-53/h3-43H,1-2H2. The summed E-state index contributed by atoms with van der Waals surface area (Å²) < 4.78 is 93.9. The van der Waals surface area contributed by atoms with Gasteiger partial charge in [0.1, 0.15) is 0 Å². The minimum atomic E-state index is -1.57. The summed E-state index contributed by atoms with van der Waals surface area (Å²) in [6, 6.07) is 73.8. The highest BCUT2D eigenvalue weighted by Gasteiger charge is 2.49. The number of nitrogens with zero attached hydrogens (tertiary/aromatic N) is 1. The van der Waals surface area contributed by atoms with Crippen LogP contribution in [-0.4, -0.2) is 0 Å². The van der Waals surface area contributed by atoms with E-state index in [9.17, 15) is 0 Å². The fourth-order valence-electron chi connectivity index (χ4n) is 12.5. The van der Waals surface area contributed by atoms with Gasteiger partial charge in [0.05, 0.1) is 10.8 Å². The second-order valence-corrected chi connectivity index (χ2v) is 20.0. The lowest BCUT2D eigenvalue weighted by molar-refractivity contribution is 0.443. The zero-order valence-corrected chi connectivity index (χ0v) is 42.3. The quantitative estimate of drug-likeness (QED) is 0.0922. The van der Waals surface area contributed by atoms with Crippen molar-refractivity contribution in [2.75, 3.05) is 4.90 Å². The Bertz CT molecular complexity index is 4000. The van der Waals surface area contributed by atoms with Gasteiger partial charge in [0, 0.05) is 17.1 Å². The van der Waals surface area contributed by atoms with Crippen molar-refractivity contribution in [3.63, 3.8) is 0 Å². The molecule has 0 saturated carbocycles. The summed E-state index contributed by atoms with van der Waals surface area (Å²) in [6.45, 7) is 7.93. The van der Waals surface area contributed by atoms with Crippen LogP contribution in [0.15, 0.2) is 250 Å². The maximum absolute atomic E-state index is 15.9. The molecule has 7 heteroatoms. The van der Waals surface area contributed by atoms with Crippen LogP contribution in [0.4, 0.5) is 43.4 Å². The van der Waals surface area contributed by atoms with Crippen molar-refractivity contribution in [3.8, 4) is 44.5 Å². The summed E-state index contributed by atoms with van der Waals surface area (Å²) in [6.07, 6.45) is 3.44. The first-order valence-electron chi connectivity index (χ1n) is 25.8. The third kappa shape index (κ3) is 7.63. The smallest absolute Gasteiger partial charge is 0.194 e. The highest BCUT2D eigenvalue weighted by molar-refractivity contribution is 5.93. The number of benzene rings is 11. The topological polar surface area (TPSA) is 3.24 Å². The Hall–Kier alpha value is -9.72. The Morgan fingerprint density at radius 2 is 0.658 bits per heavy atom. The first-order valence-corrected chi connectivity index (χ1v) is 25.8. The Kier molecular flexibility index (Phi) is 11.8. The first kappa shape index (κ1) is 48.9. The lowest BCUT2D eigenvalue weighted by Crippen LogP contribution is -2.30. The third-order valence-corrected chi connectivity index (χ3v) is 16.0. The number of rotatable bonds is 11. The van der Waals surface area contributed by atoms with E-state index < -0.39 is 45.7 Å². The Balaban J connectivity index is 1.10. The third-order valence-electron chi connectivity index (χ3n) is 16.0. The number of anilines is 3. The van der Waals surface area contributed by atoms with Crippen LogP contribution in [0, 0.1) is 34.9 Å². The molecule has 11 aromatic rings. The Morgan fingerprint density at radius 1 is 0.291 bits per heavy atom. The summed E-state index contributed by atoms with van der Waals surface area (Å²) in [7, 11) is 0. The molecule has 2 aliphatic carbocycles. The van der Waals surface area contributed by atoms with E-state index in [2.05, 4.69) is 60.5 Å². The summed E-state index contributed by atoms with van der Waals surface area (Å²) in [4.78, 5) is 2.10. The zero-order valence-electron chi connectivity index (χ0n) is 42.3. The van der Waals surface area contributed by atoms with Crippen LogP contribution in [0.25, 0.3) is 56.7 Å². The predicted octanol–water partition coefficient (Wildman–Crippen LogP) is 19.3. The first-order chi connectivity index (χ1) is 38.5. The van der Waals surface area contributed by atoms with Crippen LogP contribution in [0.1, 0.15) is 55.6 Å². The van der Waals surface area contributed by atoms with E-state index in [-0.39, 0.29) is 11.1 Å². The van der Waals surface area contributed by atoms with E-state index in [0.717, 1.165) is 96.7 Å². The largest absolute Gasteiger partial charge is 0.310 e. The van der Waals surface area contributed by atoms with Crippen molar-refractivity contribution in [1.29, 1.82) is 0 Å². The molecule has 1 nitrogen and oxygen atoms in total. The molecule has 79 heavy (non-hydrogen) atoms. The number of fused-ring (bicyclic) bond motifs is 6. The minimum Gasteiger partial charge on any atom is -0.310 e. The average Bonchev–Trinajstić information content (AvgIpc) is 3.54. The van der Waals surface area contributed by atoms with E-state index in [1.54, 1.807) is 12.2 Å². The predicted molar refractivity (Wildman–Crippen MR) is 307 cm³/mol. The van der Waals surface area contributed by atoms with Crippen LogP contribution in [-0.2, 0) is 10.8 Å². The summed E-state index contributed by atoms with van der Waals surface area (Å²) in [5.41, 5.74) is 12.7. The molecule has 0 N–H and O–H groups in total. The van der Waals surface area contributed by atoms with Crippen molar-refractivity contribution in [3.05, 3.63) is 340 Å². The molecule has 2 atom stereocenters. The number of hydrogen-bond acceptors (Lipinski definition) is 1. The van der Waals surface area contributed by atoms with Gasteiger partial charge in [-0.05, 0) is 167 Å². The minimum absolute atomic E-state index is 0.187. The highest BCUT2D eigenvalue weighted by Crippen LogP contribution is 2.60. The van der Waals surface area contributed by atoms with Crippen molar-refractivity contribution >= 4 is 29.2 Å². The van der Waals surface area contributed by atoms with Gasteiger partial charge in [-0.3, -0.25) is 0 Å². The number of halogens is 6. The molecular weight excluding hydrogens is 993 g/mol. The molecule has 0 radical (unpaired) electrons. The lowest BCUT2D eigenvalue weighted by atomic mass is 9.67. The molecular formula is C72H45F6N. The van der Waals surface area contributed by atoms with Gasteiger partial charge in [-0.15, -0.1) is 0 Å². The van der Waals surface area contributed by atoms with Gasteiger partial charge in [0.2, 0.25) is 0 Å². The summed E-state index contributed by atoms with van der Waals surface area (Å²) >= 11 is 0. The lowest BCUT2D eigenvalue weighted by Gasteiger charge is -2.36. The second-order valence-electron chi connectivity index (χ2n) is 20.0. The Morgan fingerprint density at radius 3 is 1.11 bits per heavy atom. The van der Waals surface area contributed by atoms with Gasteiger partial charge in [-0.25, -0.2) is 26.3 Å². The van der Waals surface area contributed by atoms with Crippen LogP contribution < -0.4 is 4.90 Å². The molecule has 380 valence electrons. The van der Waals surface area contributed by atoms with Crippen molar-refractivity contribution < 1.29 is 26.3 Å². The maximum Gasteiger partial charge on any atom is 0.194 e. The monoisotopic (exact) mass is 1040 g/mol. The fraction of sp³-hybridized carbons (Fsp3) is 0.0278. The van der Waals surface area contributed by atoms with E-state index >= 15 is 26.3 Å². The van der Waals surface area contributed by atoms with Gasteiger partial charge in [-0.1, -0.05) is 195 Å². The molecule has 11 aromatic carbocycles. The van der Waals surface area contributed by atoms with Crippen LogP contribution in [0.2, 0.25) is 0 Å². The summed E-state index contributed by atoms with van der Waals surface area (Å²) in [5.74, 6) is -8.43. The SMILES string of the molecule is C=Cc1ccc(C2(c3cc(F)c(F)c(F)c3)c3ccccc3-c3ccc(N(c4cccc(-c5cccc(-c6ccccc6)c5)c4)c4ccc5c(c4)C(c4ccc(C=C)cc4)(c4cc(F)c(F)c(F)c4)c4ccccc4-5)cc32)cc1. The normalized spacial score (nSPS) is 15.7. The van der Waals surface area contributed by atoms with Gasteiger partial charge in [0.15, 0.2) is 34.9 Å². The molecule has 0 aliphatic heterocycles. The van der Waals surface area contributed by atoms with Crippen LogP contribution in [0.5, 0.6) is 0 Å². The van der Waals surface area contributed by atoms with Gasteiger partial charge in [0.25, 0.3) is 0 Å². The van der Waals surface area contributed by atoms with Crippen molar-refractivity contribution in [2.45, 2.75) is 10.8 Å². The number of hydrogen-bond donors (Lipinski definition) is 0.